The van der Waals surface area contributed by atoms with Crippen LogP contribution in [0.3, 0.4) is 0 Å². The molecule has 3 aromatic rings. The van der Waals surface area contributed by atoms with Crippen molar-refractivity contribution in [1.82, 2.24) is 4.57 Å². The minimum Gasteiger partial charge on any atom is -0.508 e. The number of hydrogen-bond acceptors (Lipinski definition) is 3. The van der Waals surface area contributed by atoms with Gasteiger partial charge in [-0.05, 0) is 92.9 Å². The molecule has 0 aliphatic carbocycles. The van der Waals surface area contributed by atoms with Crippen molar-refractivity contribution in [2.75, 3.05) is 5.32 Å². The van der Waals surface area contributed by atoms with Crippen molar-refractivity contribution in [3.8, 4) is 17.5 Å². The normalized spacial score (nSPS) is 11.2. The molecular formula is C24H23N3O2. The van der Waals surface area contributed by atoms with Gasteiger partial charge in [0, 0.05) is 22.8 Å². The highest BCUT2D eigenvalue weighted by atomic mass is 16.3. The number of aromatic hydroxyl groups is 1. The number of aromatic nitrogens is 1. The third-order valence-electron chi connectivity index (χ3n) is 5.01. The number of aryl methyl sites for hydroxylation is 3. The average Bonchev–Trinajstić information content (AvgIpc) is 2.97. The van der Waals surface area contributed by atoms with Crippen LogP contribution in [-0.4, -0.2) is 15.6 Å². The van der Waals surface area contributed by atoms with Crippen LogP contribution in [0, 0.1) is 39.0 Å². The van der Waals surface area contributed by atoms with E-state index in [0.717, 1.165) is 22.6 Å². The predicted octanol–water partition coefficient (Wildman–Crippen LogP) is 4.96. The second-order valence-electron chi connectivity index (χ2n) is 7.10. The first kappa shape index (κ1) is 20.0. The van der Waals surface area contributed by atoms with Crippen LogP contribution in [0.1, 0.15) is 28.1 Å². The Bertz CT molecular complexity index is 1150. The molecule has 0 atom stereocenters. The molecule has 3 rings (SSSR count). The summed E-state index contributed by atoms with van der Waals surface area (Å²) in [6.07, 6.45) is 1.61. The summed E-state index contributed by atoms with van der Waals surface area (Å²) in [4.78, 5) is 12.5. The highest BCUT2D eigenvalue weighted by Crippen LogP contribution is 2.24. The summed E-state index contributed by atoms with van der Waals surface area (Å²) < 4.78 is 2.12. The van der Waals surface area contributed by atoms with Gasteiger partial charge in [0.25, 0.3) is 5.91 Å². The van der Waals surface area contributed by atoms with Gasteiger partial charge in [-0.1, -0.05) is 6.07 Å². The number of nitriles is 1. The van der Waals surface area contributed by atoms with Crippen molar-refractivity contribution < 1.29 is 9.90 Å². The van der Waals surface area contributed by atoms with Gasteiger partial charge in [-0.15, -0.1) is 0 Å². The molecule has 1 heterocycles. The lowest BCUT2D eigenvalue weighted by Crippen LogP contribution is -2.13. The van der Waals surface area contributed by atoms with Gasteiger partial charge in [-0.3, -0.25) is 4.79 Å². The van der Waals surface area contributed by atoms with E-state index in [2.05, 4.69) is 41.9 Å². The minimum absolute atomic E-state index is 0.0124. The number of benzene rings is 2. The number of carbonyl (C=O) groups is 1. The van der Waals surface area contributed by atoms with Crippen molar-refractivity contribution in [2.45, 2.75) is 27.7 Å². The van der Waals surface area contributed by atoms with Crippen LogP contribution in [0.4, 0.5) is 5.69 Å². The maximum Gasteiger partial charge on any atom is 0.266 e. The van der Waals surface area contributed by atoms with Crippen LogP contribution in [0.5, 0.6) is 5.75 Å². The zero-order valence-electron chi connectivity index (χ0n) is 16.9. The summed E-state index contributed by atoms with van der Waals surface area (Å²) in [5.41, 5.74) is 6.80. The summed E-state index contributed by atoms with van der Waals surface area (Å²) in [6, 6.07) is 16.3. The first-order valence-electron chi connectivity index (χ1n) is 9.29. The van der Waals surface area contributed by atoms with Gasteiger partial charge in [0.1, 0.15) is 17.4 Å². The van der Waals surface area contributed by atoms with Crippen LogP contribution >= 0.6 is 0 Å². The summed E-state index contributed by atoms with van der Waals surface area (Å²) in [6.45, 7) is 8.13. The lowest BCUT2D eigenvalue weighted by Gasteiger charge is -2.12. The van der Waals surface area contributed by atoms with E-state index in [9.17, 15) is 15.2 Å². The van der Waals surface area contributed by atoms with Gasteiger partial charge < -0.3 is 15.0 Å². The molecule has 5 nitrogen and oxygen atoms in total. The zero-order valence-corrected chi connectivity index (χ0v) is 16.9. The molecule has 29 heavy (non-hydrogen) atoms. The number of amides is 1. The van der Waals surface area contributed by atoms with Crippen LogP contribution in [-0.2, 0) is 4.79 Å². The second-order valence-corrected chi connectivity index (χ2v) is 7.10. The van der Waals surface area contributed by atoms with Gasteiger partial charge in [-0.25, -0.2) is 0 Å². The highest BCUT2D eigenvalue weighted by molar-refractivity contribution is 6.09. The topological polar surface area (TPSA) is 78.0 Å². The first-order chi connectivity index (χ1) is 13.8. The monoisotopic (exact) mass is 385 g/mol. The Morgan fingerprint density at radius 1 is 1.03 bits per heavy atom. The van der Waals surface area contributed by atoms with E-state index in [-0.39, 0.29) is 11.3 Å². The van der Waals surface area contributed by atoms with Crippen LogP contribution in [0.15, 0.2) is 54.1 Å². The molecule has 1 amide bonds. The van der Waals surface area contributed by atoms with Gasteiger partial charge in [0.05, 0.1) is 0 Å². The molecule has 0 aliphatic heterocycles. The molecule has 0 radical (unpaired) electrons. The summed E-state index contributed by atoms with van der Waals surface area (Å²) in [5.74, 6) is -0.382. The summed E-state index contributed by atoms with van der Waals surface area (Å²) in [7, 11) is 0. The van der Waals surface area contributed by atoms with Crippen molar-refractivity contribution in [3.63, 3.8) is 0 Å². The maximum atomic E-state index is 12.5. The lowest BCUT2D eigenvalue weighted by molar-refractivity contribution is -0.112. The molecule has 1 aromatic heterocycles. The van der Waals surface area contributed by atoms with Crippen molar-refractivity contribution in [2.24, 2.45) is 0 Å². The summed E-state index contributed by atoms with van der Waals surface area (Å²) >= 11 is 0. The van der Waals surface area contributed by atoms with Crippen LogP contribution in [0.2, 0.25) is 0 Å². The lowest BCUT2D eigenvalue weighted by atomic mass is 10.1. The number of anilines is 1. The predicted molar refractivity (Wildman–Crippen MR) is 115 cm³/mol. The highest BCUT2D eigenvalue weighted by Gasteiger charge is 2.14. The average molecular weight is 385 g/mol. The Labute approximate surface area is 170 Å². The SMILES string of the molecule is Cc1ccc(-n2c(C)cc(/C=C(/C#N)C(=O)Nc3ccc(O)cc3)c2C)cc1C. The Morgan fingerprint density at radius 2 is 1.72 bits per heavy atom. The Hall–Kier alpha value is -3.78. The molecule has 2 aromatic carbocycles. The molecule has 146 valence electrons. The third-order valence-corrected chi connectivity index (χ3v) is 5.01. The molecule has 0 bridgehead atoms. The molecule has 0 saturated heterocycles. The fraction of sp³-hybridized carbons (Fsp3) is 0.167. The second kappa shape index (κ2) is 8.07. The van der Waals surface area contributed by atoms with E-state index in [4.69, 9.17) is 0 Å². The van der Waals surface area contributed by atoms with E-state index in [1.165, 1.54) is 23.3 Å². The maximum absolute atomic E-state index is 12.5. The Kier molecular flexibility index (Phi) is 5.56. The third kappa shape index (κ3) is 4.22. The van der Waals surface area contributed by atoms with Gasteiger partial charge in [0.15, 0.2) is 0 Å². The molecule has 0 fully saturated rings. The minimum atomic E-state index is -0.492. The van der Waals surface area contributed by atoms with Crippen molar-refractivity contribution in [3.05, 3.63) is 82.2 Å². The van der Waals surface area contributed by atoms with E-state index in [1.54, 1.807) is 18.2 Å². The number of nitrogens with zero attached hydrogens (tertiary/aromatic N) is 2. The van der Waals surface area contributed by atoms with Crippen molar-refractivity contribution >= 4 is 17.7 Å². The van der Waals surface area contributed by atoms with Crippen molar-refractivity contribution in [1.29, 1.82) is 5.26 Å². The number of nitrogens with one attached hydrogen (secondary N) is 1. The quantitative estimate of drug-likeness (QED) is 0.378. The van der Waals surface area contributed by atoms with E-state index in [0.29, 0.717) is 5.69 Å². The molecule has 0 spiro atoms. The Morgan fingerprint density at radius 3 is 2.34 bits per heavy atom. The number of phenols is 1. The zero-order chi connectivity index (χ0) is 21.1. The number of phenolic OH excluding ortho intramolecular Hbond substituents is 1. The number of carbonyl (C=O) groups excluding carboxylic acids is 1. The molecule has 0 unspecified atom stereocenters. The van der Waals surface area contributed by atoms with E-state index >= 15 is 0 Å². The molecule has 2 N–H and O–H groups in total. The Balaban J connectivity index is 1.94. The molecule has 5 heteroatoms. The smallest absolute Gasteiger partial charge is 0.266 e. The van der Waals surface area contributed by atoms with Gasteiger partial charge >= 0.3 is 0 Å². The molecule has 0 saturated carbocycles. The van der Waals surface area contributed by atoms with Gasteiger partial charge in [0.2, 0.25) is 0 Å². The van der Waals surface area contributed by atoms with Crippen LogP contribution < -0.4 is 5.32 Å². The fourth-order valence-corrected chi connectivity index (χ4v) is 3.24. The van der Waals surface area contributed by atoms with Crippen LogP contribution in [0.25, 0.3) is 11.8 Å². The fourth-order valence-electron chi connectivity index (χ4n) is 3.24. The van der Waals surface area contributed by atoms with E-state index < -0.39 is 5.91 Å². The van der Waals surface area contributed by atoms with E-state index in [1.807, 2.05) is 26.0 Å². The first-order valence-corrected chi connectivity index (χ1v) is 9.29. The molecule has 0 aliphatic rings. The summed E-state index contributed by atoms with van der Waals surface area (Å²) in [5, 5.41) is 21.5. The largest absolute Gasteiger partial charge is 0.508 e. The van der Waals surface area contributed by atoms with Gasteiger partial charge in [-0.2, -0.15) is 5.26 Å². The number of hydrogen-bond donors (Lipinski definition) is 2. The number of rotatable bonds is 4. The molecular weight excluding hydrogens is 362 g/mol. The standard InChI is InChI=1S/C24H23N3O2/c1-15-5-8-22(11-16(15)2)27-17(3)12-19(18(27)4)13-20(14-25)24(29)26-21-6-9-23(28)10-7-21/h5-13,28H,1-4H3,(H,26,29)/b20-13-.